The lowest BCUT2D eigenvalue weighted by molar-refractivity contribution is -0.113. The normalized spacial score (nSPS) is 10.5. The van der Waals surface area contributed by atoms with E-state index in [1.54, 1.807) is 0 Å². The molecule has 0 unspecified atom stereocenters. The minimum Gasteiger partial charge on any atom is -0.287 e. The van der Waals surface area contributed by atoms with E-state index in [0.717, 1.165) is 5.75 Å². The Morgan fingerprint density at radius 1 is 1.36 bits per heavy atom. The van der Waals surface area contributed by atoms with Gasteiger partial charge in [0.25, 0.3) is 0 Å². The van der Waals surface area contributed by atoms with Crippen LogP contribution < -0.4 is 0 Å². The van der Waals surface area contributed by atoms with Crippen LogP contribution in [0.4, 0.5) is 0 Å². The van der Waals surface area contributed by atoms with Gasteiger partial charge in [0.05, 0.1) is 0 Å². The van der Waals surface area contributed by atoms with Crippen molar-refractivity contribution in [1.29, 1.82) is 0 Å². The summed E-state index contributed by atoms with van der Waals surface area (Å²) in [6, 6.07) is 0. The monoisotopic (exact) mass is 174 g/mol. The lowest BCUT2D eigenvalue weighted by Crippen LogP contribution is -2.02. The predicted molar refractivity (Wildman–Crippen MR) is 51.8 cm³/mol. The minimum absolute atomic E-state index is 0.196. The van der Waals surface area contributed by atoms with Crippen LogP contribution in [0, 0.1) is 5.92 Å². The first kappa shape index (κ1) is 11.0. The summed E-state index contributed by atoms with van der Waals surface area (Å²) in [4.78, 5) is 11.1. The van der Waals surface area contributed by atoms with Gasteiger partial charge in [-0.25, -0.2) is 0 Å². The first-order chi connectivity index (χ1) is 5.18. The Hall–Kier alpha value is 0.0200. The molecule has 0 atom stereocenters. The molecule has 0 aliphatic rings. The second kappa shape index (κ2) is 6.71. The van der Waals surface area contributed by atoms with Crippen LogP contribution in [0.15, 0.2) is 0 Å². The first-order valence-electron chi connectivity index (χ1n) is 4.35. The number of rotatable bonds is 5. The van der Waals surface area contributed by atoms with Gasteiger partial charge in [-0.2, -0.15) is 0 Å². The molecule has 11 heavy (non-hydrogen) atoms. The van der Waals surface area contributed by atoms with E-state index < -0.39 is 0 Å². The van der Waals surface area contributed by atoms with Crippen LogP contribution in [-0.4, -0.2) is 10.9 Å². The SMILES string of the molecule is CCCCCSC(=O)C(C)C. The maximum absolute atomic E-state index is 11.1. The zero-order valence-corrected chi connectivity index (χ0v) is 8.54. The van der Waals surface area contributed by atoms with Gasteiger partial charge in [0.2, 0.25) is 0 Å². The summed E-state index contributed by atoms with van der Waals surface area (Å²) in [5.41, 5.74) is 0. The zero-order chi connectivity index (χ0) is 8.69. The molecule has 0 spiro atoms. The van der Waals surface area contributed by atoms with Crippen molar-refractivity contribution in [3.63, 3.8) is 0 Å². The number of unbranched alkanes of at least 4 members (excludes halogenated alkanes) is 2. The molecule has 0 radical (unpaired) electrons. The zero-order valence-electron chi connectivity index (χ0n) is 7.72. The Morgan fingerprint density at radius 3 is 2.45 bits per heavy atom. The second-order valence-electron chi connectivity index (χ2n) is 3.03. The summed E-state index contributed by atoms with van der Waals surface area (Å²) in [7, 11) is 0. The molecular weight excluding hydrogens is 156 g/mol. The molecular formula is C9H18OS. The fraction of sp³-hybridized carbons (Fsp3) is 0.889. The van der Waals surface area contributed by atoms with Gasteiger partial charge < -0.3 is 0 Å². The fourth-order valence-electron chi connectivity index (χ4n) is 0.691. The standard InChI is InChI=1S/C9H18OS/c1-4-5-6-7-11-9(10)8(2)3/h8H,4-7H2,1-3H3. The summed E-state index contributed by atoms with van der Waals surface area (Å²) in [6.07, 6.45) is 3.66. The van der Waals surface area contributed by atoms with E-state index in [0.29, 0.717) is 5.12 Å². The Labute approximate surface area is 73.9 Å². The van der Waals surface area contributed by atoms with Crippen molar-refractivity contribution in [2.75, 3.05) is 5.75 Å². The highest BCUT2D eigenvalue weighted by Crippen LogP contribution is 2.12. The van der Waals surface area contributed by atoms with E-state index in [1.165, 1.54) is 31.0 Å². The quantitative estimate of drug-likeness (QED) is 0.596. The highest BCUT2D eigenvalue weighted by atomic mass is 32.2. The van der Waals surface area contributed by atoms with Crippen molar-refractivity contribution in [3.8, 4) is 0 Å². The largest absolute Gasteiger partial charge is 0.287 e. The van der Waals surface area contributed by atoms with Crippen molar-refractivity contribution in [2.45, 2.75) is 40.0 Å². The molecule has 0 heterocycles. The van der Waals surface area contributed by atoms with Gasteiger partial charge >= 0.3 is 0 Å². The Balaban J connectivity index is 3.18. The summed E-state index contributed by atoms with van der Waals surface area (Å²) in [5.74, 6) is 1.20. The number of hydrogen-bond donors (Lipinski definition) is 0. The topological polar surface area (TPSA) is 17.1 Å². The number of hydrogen-bond acceptors (Lipinski definition) is 2. The van der Waals surface area contributed by atoms with E-state index in [4.69, 9.17) is 0 Å². The highest BCUT2D eigenvalue weighted by molar-refractivity contribution is 8.13. The molecule has 0 N–H and O–H groups in total. The molecule has 0 saturated carbocycles. The van der Waals surface area contributed by atoms with Gasteiger partial charge in [0, 0.05) is 11.7 Å². The van der Waals surface area contributed by atoms with Crippen LogP contribution in [0.3, 0.4) is 0 Å². The molecule has 0 aromatic rings. The molecule has 66 valence electrons. The van der Waals surface area contributed by atoms with Crippen molar-refractivity contribution in [1.82, 2.24) is 0 Å². The molecule has 0 aliphatic carbocycles. The van der Waals surface area contributed by atoms with Crippen LogP contribution in [0.1, 0.15) is 40.0 Å². The Morgan fingerprint density at radius 2 is 2.00 bits per heavy atom. The molecule has 0 aliphatic heterocycles. The average molecular weight is 174 g/mol. The molecule has 1 nitrogen and oxygen atoms in total. The lowest BCUT2D eigenvalue weighted by atomic mass is 10.3. The van der Waals surface area contributed by atoms with Crippen LogP contribution in [-0.2, 0) is 4.79 Å². The van der Waals surface area contributed by atoms with Crippen molar-refractivity contribution >= 4 is 16.9 Å². The summed E-state index contributed by atoms with van der Waals surface area (Å²) in [5, 5.41) is 0.334. The average Bonchev–Trinajstić information content (AvgIpc) is 1.97. The second-order valence-corrected chi connectivity index (χ2v) is 4.13. The summed E-state index contributed by atoms with van der Waals surface area (Å²) < 4.78 is 0. The predicted octanol–water partition coefficient (Wildman–Crippen LogP) is 3.09. The molecule has 0 rings (SSSR count). The molecule has 0 saturated heterocycles. The van der Waals surface area contributed by atoms with E-state index in [1.807, 2.05) is 13.8 Å². The molecule has 0 amide bonds. The van der Waals surface area contributed by atoms with Crippen LogP contribution in [0.5, 0.6) is 0 Å². The van der Waals surface area contributed by atoms with Gasteiger partial charge in [0.15, 0.2) is 5.12 Å². The van der Waals surface area contributed by atoms with Crippen LogP contribution in [0.25, 0.3) is 0 Å². The van der Waals surface area contributed by atoms with Gasteiger partial charge in [-0.1, -0.05) is 45.4 Å². The smallest absolute Gasteiger partial charge is 0.191 e. The van der Waals surface area contributed by atoms with Gasteiger partial charge in [-0.05, 0) is 6.42 Å². The lowest BCUT2D eigenvalue weighted by Gasteiger charge is -2.01. The number of carbonyl (C=O) groups excluding carboxylic acids is 1. The van der Waals surface area contributed by atoms with Crippen LogP contribution in [0.2, 0.25) is 0 Å². The maximum atomic E-state index is 11.1. The Bertz CT molecular complexity index is 110. The molecule has 0 fully saturated rings. The third-order valence-corrected chi connectivity index (χ3v) is 2.71. The highest BCUT2D eigenvalue weighted by Gasteiger charge is 2.05. The van der Waals surface area contributed by atoms with Crippen molar-refractivity contribution < 1.29 is 4.79 Å². The maximum Gasteiger partial charge on any atom is 0.191 e. The first-order valence-corrected chi connectivity index (χ1v) is 5.33. The molecule has 0 aromatic heterocycles. The molecule has 2 heteroatoms. The molecule has 0 bridgehead atoms. The third kappa shape index (κ3) is 6.42. The van der Waals surface area contributed by atoms with E-state index >= 15 is 0 Å². The van der Waals surface area contributed by atoms with Crippen molar-refractivity contribution in [3.05, 3.63) is 0 Å². The van der Waals surface area contributed by atoms with Crippen LogP contribution >= 0.6 is 11.8 Å². The fourth-order valence-corrected chi connectivity index (χ4v) is 1.57. The number of carbonyl (C=O) groups is 1. The van der Waals surface area contributed by atoms with Crippen molar-refractivity contribution in [2.24, 2.45) is 5.92 Å². The van der Waals surface area contributed by atoms with Gasteiger partial charge in [-0.15, -0.1) is 0 Å². The van der Waals surface area contributed by atoms with Gasteiger partial charge in [-0.3, -0.25) is 4.79 Å². The molecule has 0 aromatic carbocycles. The minimum atomic E-state index is 0.196. The summed E-state index contributed by atoms with van der Waals surface area (Å²) in [6.45, 7) is 6.08. The van der Waals surface area contributed by atoms with Gasteiger partial charge in [0.1, 0.15) is 0 Å². The van der Waals surface area contributed by atoms with E-state index in [9.17, 15) is 4.79 Å². The van der Waals surface area contributed by atoms with E-state index in [-0.39, 0.29) is 5.92 Å². The summed E-state index contributed by atoms with van der Waals surface area (Å²) >= 11 is 1.49. The third-order valence-electron chi connectivity index (χ3n) is 1.46. The number of thioether (sulfide) groups is 1. The Kier molecular flexibility index (Phi) is 6.73. The van der Waals surface area contributed by atoms with E-state index in [2.05, 4.69) is 6.92 Å².